The third-order valence-corrected chi connectivity index (χ3v) is 7.09. The van der Waals surface area contributed by atoms with E-state index in [2.05, 4.69) is 42.4 Å². The third-order valence-electron chi connectivity index (χ3n) is 7.09. The monoisotopic (exact) mass is 495 g/mol. The molecule has 194 valence electrons. The quantitative estimate of drug-likeness (QED) is 0.363. The normalized spacial score (nSPS) is 14.8. The summed E-state index contributed by atoms with van der Waals surface area (Å²) in [5, 5.41) is 5.08. The van der Waals surface area contributed by atoms with Gasteiger partial charge in [-0.1, -0.05) is 38.5 Å². The van der Waals surface area contributed by atoms with Gasteiger partial charge in [-0.25, -0.2) is 13.5 Å². The molecule has 3 aromatic rings. The van der Waals surface area contributed by atoms with Crippen molar-refractivity contribution < 1.29 is 8.78 Å². The summed E-state index contributed by atoms with van der Waals surface area (Å²) < 4.78 is 29.7. The Morgan fingerprint density at radius 1 is 0.917 bits per heavy atom. The zero-order valence-electron chi connectivity index (χ0n) is 22.1. The molecule has 0 N–H and O–H groups in total. The lowest BCUT2D eigenvalue weighted by Gasteiger charge is -2.37. The fourth-order valence-electron chi connectivity index (χ4n) is 4.92. The smallest absolute Gasteiger partial charge is 0.137 e. The number of benzene rings is 2. The summed E-state index contributed by atoms with van der Waals surface area (Å²) in [6, 6.07) is 13.8. The van der Waals surface area contributed by atoms with E-state index in [1.54, 1.807) is 12.1 Å². The van der Waals surface area contributed by atoms with E-state index in [1.807, 2.05) is 22.9 Å². The SMILES string of the molecule is CCCc1nn(-c2cccc(F)c2)c(N2CCN(CC)CC2)c1CN(Cc1ccc(F)cc1)C(C)C. The Bertz CT molecular complexity index is 1120. The van der Waals surface area contributed by atoms with Crippen LogP contribution in [0.1, 0.15) is 50.9 Å². The van der Waals surface area contributed by atoms with Crippen LogP contribution in [-0.4, -0.2) is 58.3 Å². The van der Waals surface area contributed by atoms with E-state index in [9.17, 15) is 8.78 Å². The topological polar surface area (TPSA) is 27.5 Å². The van der Waals surface area contributed by atoms with E-state index in [0.29, 0.717) is 0 Å². The van der Waals surface area contributed by atoms with Crippen molar-refractivity contribution in [2.45, 2.75) is 59.7 Å². The van der Waals surface area contributed by atoms with Gasteiger partial charge in [0.2, 0.25) is 0 Å². The zero-order valence-corrected chi connectivity index (χ0v) is 22.1. The molecule has 1 fully saturated rings. The molecule has 0 radical (unpaired) electrons. The first-order valence-corrected chi connectivity index (χ1v) is 13.2. The number of piperazine rings is 1. The minimum absolute atomic E-state index is 0.218. The maximum Gasteiger partial charge on any atom is 0.137 e. The lowest BCUT2D eigenvalue weighted by atomic mass is 10.1. The molecule has 36 heavy (non-hydrogen) atoms. The van der Waals surface area contributed by atoms with E-state index >= 15 is 0 Å². The number of anilines is 1. The molecular formula is C29H39F2N5. The molecule has 1 saturated heterocycles. The molecule has 1 aromatic heterocycles. The lowest BCUT2D eigenvalue weighted by molar-refractivity contribution is 0.203. The molecule has 0 aliphatic carbocycles. The van der Waals surface area contributed by atoms with Crippen LogP contribution in [0.5, 0.6) is 0 Å². The summed E-state index contributed by atoms with van der Waals surface area (Å²) in [5.41, 5.74) is 4.11. The van der Waals surface area contributed by atoms with Gasteiger partial charge in [-0.3, -0.25) is 4.90 Å². The second-order valence-electron chi connectivity index (χ2n) is 9.94. The van der Waals surface area contributed by atoms with E-state index < -0.39 is 0 Å². The molecule has 0 amide bonds. The predicted molar refractivity (Wildman–Crippen MR) is 143 cm³/mol. The largest absolute Gasteiger partial charge is 0.354 e. The maximum atomic E-state index is 14.3. The standard InChI is InChI=1S/C29H39F2N5/c1-5-8-28-27(21-35(22(3)4)20-23-11-13-24(30)14-12-23)29(34-17-15-33(6-2)16-18-34)36(32-28)26-10-7-9-25(31)19-26/h7,9-14,19,22H,5-6,8,15-18,20-21H2,1-4H3. The van der Waals surface area contributed by atoms with Gasteiger partial charge in [0.1, 0.15) is 17.5 Å². The summed E-state index contributed by atoms with van der Waals surface area (Å²) in [5.74, 6) is 0.595. The van der Waals surface area contributed by atoms with Crippen LogP contribution in [0.15, 0.2) is 48.5 Å². The van der Waals surface area contributed by atoms with Gasteiger partial charge in [0.15, 0.2) is 0 Å². The number of likely N-dealkylation sites (N-methyl/N-ethyl adjacent to an activating group) is 1. The van der Waals surface area contributed by atoms with E-state index in [4.69, 9.17) is 5.10 Å². The summed E-state index contributed by atoms with van der Waals surface area (Å²) in [4.78, 5) is 7.29. The fourth-order valence-corrected chi connectivity index (χ4v) is 4.92. The van der Waals surface area contributed by atoms with Gasteiger partial charge in [0.05, 0.1) is 11.4 Å². The van der Waals surface area contributed by atoms with Crippen LogP contribution in [-0.2, 0) is 19.5 Å². The highest BCUT2D eigenvalue weighted by atomic mass is 19.1. The number of aryl methyl sites for hydroxylation is 1. The summed E-state index contributed by atoms with van der Waals surface area (Å²) >= 11 is 0. The van der Waals surface area contributed by atoms with Crippen molar-refractivity contribution in [2.75, 3.05) is 37.6 Å². The van der Waals surface area contributed by atoms with Crippen molar-refractivity contribution in [3.8, 4) is 5.69 Å². The second kappa shape index (κ2) is 12.0. The minimum Gasteiger partial charge on any atom is -0.354 e. The molecule has 0 spiro atoms. The Labute approximate surface area is 214 Å². The van der Waals surface area contributed by atoms with Crippen LogP contribution in [0.25, 0.3) is 5.69 Å². The van der Waals surface area contributed by atoms with Crippen LogP contribution >= 0.6 is 0 Å². The first-order chi connectivity index (χ1) is 17.4. The first kappa shape index (κ1) is 26.3. The van der Waals surface area contributed by atoms with Crippen LogP contribution in [0.4, 0.5) is 14.6 Å². The summed E-state index contributed by atoms with van der Waals surface area (Å²) in [6.45, 7) is 15.1. The van der Waals surface area contributed by atoms with Crippen LogP contribution < -0.4 is 4.90 Å². The predicted octanol–water partition coefficient (Wildman–Crippen LogP) is 5.66. The molecule has 7 heteroatoms. The van der Waals surface area contributed by atoms with Crippen molar-refractivity contribution in [2.24, 2.45) is 0 Å². The van der Waals surface area contributed by atoms with Crippen molar-refractivity contribution in [3.05, 3.63) is 77.0 Å². The molecule has 1 aliphatic rings. The highest BCUT2D eigenvalue weighted by Crippen LogP contribution is 2.32. The van der Waals surface area contributed by atoms with Gasteiger partial charge in [0.25, 0.3) is 0 Å². The molecule has 5 nitrogen and oxygen atoms in total. The number of halogens is 2. The second-order valence-corrected chi connectivity index (χ2v) is 9.94. The molecule has 4 rings (SSSR count). The Morgan fingerprint density at radius 2 is 1.64 bits per heavy atom. The lowest BCUT2D eigenvalue weighted by Crippen LogP contribution is -2.47. The highest BCUT2D eigenvalue weighted by molar-refractivity contribution is 5.56. The first-order valence-electron chi connectivity index (χ1n) is 13.2. The molecule has 0 unspecified atom stereocenters. The fraction of sp³-hybridized carbons (Fsp3) is 0.483. The number of rotatable bonds is 10. The number of hydrogen-bond donors (Lipinski definition) is 0. The minimum atomic E-state index is -0.261. The van der Waals surface area contributed by atoms with Gasteiger partial charge in [-0.05, 0) is 62.7 Å². The third kappa shape index (κ3) is 6.13. The van der Waals surface area contributed by atoms with Crippen LogP contribution in [0.2, 0.25) is 0 Å². The van der Waals surface area contributed by atoms with E-state index in [-0.39, 0.29) is 17.7 Å². The Morgan fingerprint density at radius 3 is 2.25 bits per heavy atom. The highest BCUT2D eigenvalue weighted by Gasteiger charge is 2.28. The summed E-state index contributed by atoms with van der Waals surface area (Å²) in [6.07, 6.45) is 1.85. The molecule has 0 atom stereocenters. The summed E-state index contributed by atoms with van der Waals surface area (Å²) in [7, 11) is 0. The molecule has 0 bridgehead atoms. The average Bonchev–Trinajstić information content (AvgIpc) is 3.23. The number of hydrogen-bond acceptors (Lipinski definition) is 4. The van der Waals surface area contributed by atoms with E-state index in [1.165, 1.54) is 23.8 Å². The van der Waals surface area contributed by atoms with Gasteiger partial charge in [0, 0.05) is 50.9 Å². The molecule has 0 saturated carbocycles. The zero-order chi connectivity index (χ0) is 25.7. The number of nitrogens with zero attached hydrogens (tertiary/aromatic N) is 5. The molecular weight excluding hydrogens is 456 g/mol. The number of aromatic nitrogens is 2. The maximum absolute atomic E-state index is 14.3. The Balaban J connectivity index is 1.76. The Hall–Kier alpha value is -2.77. The van der Waals surface area contributed by atoms with E-state index in [0.717, 1.165) is 81.4 Å². The van der Waals surface area contributed by atoms with Gasteiger partial charge >= 0.3 is 0 Å². The molecule has 2 aromatic carbocycles. The van der Waals surface area contributed by atoms with Gasteiger partial charge in [-0.2, -0.15) is 5.10 Å². The Kier molecular flexibility index (Phi) is 8.75. The molecule has 1 aliphatic heterocycles. The van der Waals surface area contributed by atoms with Crippen molar-refractivity contribution >= 4 is 5.82 Å². The average molecular weight is 496 g/mol. The van der Waals surface area contributed by atoms with Crippen molar-refractivity contribution in [1.82, 2.24) is 19.6 Å². The van der Waals surface area contributed by atoms with Crippen LogP contribution in [0, 0.1) is 11.6 Å². The van der Waals surface area contributed by atoms with Gasteiger partial charge in [-0.15, -0.1) is 0 Å². The van der Waals surface area contributed by atoms with Crippen molar-refractivity contribution in [1.29, 1.82) is 0 Å². The van der Waals surface area contributed by atoms with Gasteiger partial charge < -0.3 is 9.80 Å². The molecule has 2 heterocycles. The van der Waals surface area contributed by atoms with Crippen molar-refractivity contribution in [3.63, 3.8) is 0 Å². The van der Waals surface area contributed by atoms with Crippen LogP contribution in [0.3, 0.4) is 0 Å².